The van der Waals surface area contributed by atoms with Gasteiger partial charge >= 0.3 is 10.2 Å². The van der Waals surface area contributed by atoms with Gasteiger partial charge in [-0.25, -0.2) is 27.8 Å². The van der Waals surface area contributed by atoms with Gasteiger partial charge in [-0.2, -0.15) is 12.7 Å². The summed E-state index contributed by atoms with van der Waals surface area (Å²) >= 11 is 1.43. The van der Waals surface area contributed by atoms with Crippen LogP contribution in [0.3, 0.4) is 0 Å². The van der Waals surface area contributed by atoms with Crippen LogP contribution < -0.4 is 14.8 Å². The van der Waals surface area contributed by atoms with Crippen molar-refractivity contribution in [1.29, 1.82) is 0 Å². The van der Waals surface area contributed by atoms with Crippen LogP contribution >= 0.6 is 11.3 Å². The van der Waals surface area contributed by atoms with Gasteiger partial charge in [-0.3, -0.25) is 4.72 Å². The van der Waals surface area contributed by atoms with Crippen LogP contribution in [-0.2, 0) is 43.3 Å². The van der Waals surface area contributed by atoms with E-state index in [0.29, 0.717) is 41.2 Å². The van der Waals surface area contributed by atoms with Gasteiger partial charge in [-0.1, -0.05) is 25.1 Å². The van der Waals surface area contributed by atoms with E-state index in [1.54, 1.807) is 30.5 Å². The number of hydrogen-bond donors (Lipinski definition) is 2. The average Bonchev–Trinajstić information content (AvgIpc) is 3.52. The quantitative estimate of drug-likeness (QED) is 0.250. The molecule has 258 valence electrons. The van der Waals surface area contributed by atoms with Crippen molar-refractivity contribution < 1.29 is 30.7 Å². The van der Waals surface area contributed by atoms with E-state index in [2.05, 4.69) is 21.9 Å². The number of fused-ring (bicyclic) bond motifs is 2. The van der Waals surface area contributed by atoms with Crippen molar-refractivity contribution >= 4 is 43.0 Å². The Hall–Kier alpha value is -3.70. The van der Waals surface area contributed by atoms with E-state index in [4.69, 9.17) is 19.4 Å². The SMILES string of the molecule is COc1cccc2c1CN(S(=O)(=O)Nc1cccc(-c3nc(C4(C)CCOCC4)sc3-c3ccnc(NC4[C@H]5CS(=O)(=O)C[C@@H]45)n3)c1F)C2. The maximum Gasteiger partial charge on any atom is 0.302 e. The molecule has 2 aromatic heterocycles. The molecular weight excluding hydrogens is 692 g/mol. The molecular formula is C33H35FN6O6S3. The first-order chi connectivity index (χ1) is 23.4. The first-order valence-electron chi connectivity index (χ1n) is 16.1. The summed E-state index contributed by atoms with van der Waals surface area (Å²) in [7, 11) is -5.60. The molecule has 1 aliphatic carbocycles. The number of ether oxygens (including phenoxy) is 2. The Morgan fingerprint density at radius 3 is 2.57 bits per heavy atom. The lowest BCUT2D eigenvalue weighted by molar-refractivity contribution is 0.0564. The molecule has 12 nitrogen and oxygen atoms in total. The molecule has 16 heteroatoms. The lowest BCUT2D eigenvalue weighted by Crippen LogP contribution is -2.32. The van der Waals surface area contributed by atoms with Crippen molar-refractivity contribution in [2.24, 2.45) is 11.8 Å². The molecule has 3 atom stereocenters. The second kappa shape index (κ2) is 12.0. The van der Waals surface area contributed by atoms with Crippen LogP contribution in [0.4, 0.5) is 16.0 Å². The molecule has 2 N–H and O–H groups in total. The van der Waals surface area contributed by atoms with Crippen LogP contribution in [0.2, 0.25) is 0 Å². The molecule has 49 heavy (non-hydrogen) atoms. The van der Waals surface area contributed by atoms with E-state index in [0.717, 1.165) is 29.0 Å². The Labute approximate surface area is 288 Å². The number of benzene rings is 2. The third kappa shape index (κ3) is 5.96. The highest BCUT2D eigenvalue weighted by atomic mass is 32.2. The fraction of sp³-hybridized carbons (Fsp3) is 0.424. The number of halogens is 1. The van der Waals surface area contributed by atoms with E-state index in [1.165, 1.54) is 28.8 Å². The molecule has 0 amide bonds. The Balaban J connectivity index is 1.12. The molecule has 5 heterocycles. The molecule has 2 aromatic carbocycles. The van der Waals surface area contributed by atoms with Gasteiger partial charge in [-0.15, -0.1) is 11.3 Å². The predicted molar refractivity (Wildman–Crippen MR) is 184 cm³/mol. The van der Waals surface area contributed by atoms with Crippen molar-refractivity contribution in [2.75, 3.05) is 41.9 Å². The number of hydrogen-bond acceptors (Lipinski definition) is 11. The summed E-state index contributed by atoms with van der Waals surface area (Å²) in [6, 6.07) is 11.8. The van der Waals surface area contributed by atoms with Crippen molar-refractivity contribution in [3.05, 3.63) is 70.6 Å². The molecule has 0 spiro atoms. The smallest absolute Gasteiger partial charge is 0.302 e. The van der Waals surface area contributed by atoms with Gasteiger partial charge < -0.3 is 14.8 Å². The molecule has 0 bridgehead atoms. The summed E-state index contributed by atoms with van der Waals surface area (Å²) < 4.78 is 82.4. The topological polar surface area (TPSA) is 153 Å². The summed E-state index contributed by atoms with van der Waals surface area (Å²) in [6.07, 6.45) is 3.10. The lowest BCUT2D eigenvalue weighted by Gasteiger charge is -2.31. The first kappa shape index (κ1) is 32.5. The largest absolute Gasteiger partial charge is 0.496 e. The Bertz CT molecular complexity index is 2150. The summed E-state index contributed by atoms with van der Waals surface area (Å²) in [5.74, 6) is 0.634. The van der Waals surface area contributed by atoms with E-state index in [-0.39, 0.29) is 59.1 Å². The van der Waals surface area contributed by atoms with Gasteiger partial charge in [-0.05, 0) is 54.5 Å². The van der Waals surface area contributed by atoms with Gasteiger partial charge in [0.15, 0.2) is 15.7 Å². The standard InChI is InChI=1S/C33H35FN6O6S3/c1-33(10-13-46-14-11-33)31-37-29(30(47-31)25-9-12-35-32(36-25)38-28-22-17-48(41,42)18-23(22)28)20-6-4-7-24(27(20)34)39-49(43,44)40-15-19-5-3-8-26(45-2)21(19)16-40/h3-9,12,22-23,28,39H,10-11,13-18H2,1-2H3,(H,35,36,38)/t22-,23+,28?. The van der Waals surface area contributed by atoms with Crippen LogP contribution in [0.1, 0.15) is 35.9 Å². The molecule has 3 fully saturated rings. The second-order valence-corrected chi connectivity index (χ2v) is 18.2. The van der Waals surface area contributed by atoms with Crippen molar-refractivity contribution in [1.82, 2.24) is 19.3 Å². The highest BCUT2D eigenvalue weighted by molar-refractivity contribution is 7.91. The van der Waals surface area contributed by atoms with Gasteiger partial charge in [0.2, 0.25) is 5.95 Å². The number of sulfone groups is 1. The molecule has 2 saturated heterocycles. The van der Waals surface area contributed by atoms with Crippen LogP contribution in [0.25, 0.3) is 21.8 Å². The van der Waals surface area contributed by atoms with Crippen molar-refractivity contribution in [2.45, 2.75) is 44.3 Å². The fourth-order valence-corrected chi connectivity index (χ4v) is 11.8. The maximum atomic E-state index is 16.5. The monoisotopic (exact) mass is 726 g/mol. The van der Waals surface area contributed by atoms with E-state index in [1.807, 2.05) is 12.1 Å². The van der Waals surface area contributed by atoms with E-state index in [9.17, 15) is 16.8 Å². The van der Waals surface area contributed by atoms with Crippen LogP contribution in [-0.4, -0.2) is 74.0 Å². The summed E-state index contributed by atoms with van der Waals surface area (Å²) in [5.41, 5.74) is 2.12. The van der Waals surface area contributed by atoms with Gasteiger partial charge in [0.25, 0.3) is 0 Å². The molecule has 1 unspecified atom stereocenters. The molecule has 1 saturated carbocycles. The summed E-state index contributed by atoms with van der Waals surface area (Å²) in [6.45, 7) is 3.52. The third-order valence-electron chi connectivity index (χ3n) is 10.1. The molecule has 4 aliphatic rings. The van der Waals surface area contributed by atoms with Crippen LogP contribution in [0.5, 0.6) is 5.75 Å². The maximum absolute atomic E-state index is 16.5. The molecule has 0 radical (unpaired) electrons. The second-order valence-electron chi connectivity index (χ2n) is 13.4. The number of nitrogens with one attached hydrogen (secondary N) is 2. The van der Waals surface area contributed by atoms with E-state index < -0.39 is 25.9 Å². The fourth-order valence-electron chi connectivity index (χ4n) is 7.16. The summed E-state index contributed by atoms with van der Waals surface area (Å²) in [4.78, 5) is 14.8. The predicted octanol–water partition coefficient (Wildman–Crippen LogP) is 4.61. The van der Waals surface area contributed by atoms with Crippen LogP contribution in [0.15, 0.2) is 48.7 Å². The minimum absolute atomic E-state index is 0.0111. The highest BCUT2D eigenvalue weighted by Crippen LogP contribution is 2.49. The third-order valence-corrected chi connectivity index (χ3v) is 14.7. The van der Waals surface area contributed by atoms with Gasteiger partial charge in [0.1, 0.15) is 5.75 Å². The molecule has 3 aliphatic heterocycles. The van der Waals surface area contributed by atoms with E-state index >= 15 is 4.39 Å². The zero-order chi connectivity index (χ0) is 34.1. The number of methoxy groups -OCH3 is 1. The molecule has 4 aromatic rings. The van der Waals surface area contributed by atoms with Gasteiger partial charge in [0, 0.05) is 55.1 Å². The normalized spacial score (nSPS) is 23.9. The lowest BCUT2D eigenvalue weighted by atomic mass is 9.83. The van der Waals surface area contributed by atoms with Crippen molar-refractivity contribution in [3.63, 3.8) is 0 Å². The first-order valence-corrected chi connectivity index (χ1v) is 20.1. The number of aromatic nitrogens is 3. The zero-order valence-electron chi connectivity index (χ0n) is 26.8. The zero-order valence-corrected chi connectivity index (χ0v) is 29.3. The van der Waals surface area contributed by atoms with Crippen LogP contribution in [0, 0.1) is 17.7 Å². The average molecular weight is 727 g/mol. The minimum Gasteiger partial charge on any atom is -0.496 e. The Morgan fingerprint density at radius 1 is 1.06 bits per heavy atom. The minimum atomic E-state index is -4.15. The number of rotatable bonds is 9. The Kier molecular flexibility index (Phi) is 7.94. The number of anilines is 2. The Morgan fingerprint density at radius 2 is 1.82 bits per heavy atom. The van der Waals surface area contributed by atoms with Crippen molar-refractivity contribution in [3.8, 4) is 27.6 Å². The number of nitrogens with zero attached hydrogens (tertiary/aromatic N) is 4. The highest BCUT2D eigenvalue weighted by Gasteiger charge is 2.59. The summed E-state index contributed by atoms with van der Waals surface area (Å²) in [5, 5.41) is 4.12. The number of thiazole rings is 1. The van der Waals surface area contributed by atoms with Gasteiger partial charge in [0.05, 0.1) is 45.6 Å². The molecule has 8 rings (SSSR count).